The van der Waals surface area contributed by atoms with E-state index in [1.54, 1.807) is 12.1 Å². The number of hydrogen-bond acceptors (Lipinski definition) is 4. The summed E-state index contributed by atoms with van der Waals surface area (Å²) in [5, 5.41) is 0. The highest BCUT2D eigenvalue weighted by molar-refractivity contribution is 7.92. The van der Waals surface area contributed by atoms with E-state index in [0.717, 1.165) is 18.4 Å². The molecule has 0 aliphatic rings. The summed E-state index contributed by atoms with van der Waals surface area (Å²) in [5.74, 6) is 0. The molecular weight excluding hydrogens is 274 g/mol. The molecule has 0 atom stereocenters. The lowest BCUT2D eigenvalue weighted by atomic mass is 10.1. The van der Waals surface area contributed by atoms with Gasteiger partial charge in [-0.15, -0.1) is 0 Å². The number of anilines is 2. The number of nitrogen functional groups attached to an aromatic ring is 1. The maximum absolute atomic E-state index is 12.2. The van der Waals surface area contributed by atoms with E-state index in [0.29, 0.717) is 11.4 Å². The first-order valence-electron chi connectivity index (χ1n) is 6.34. The van der Waals surface area contributed by atoms with Crippen molar-refractivity contribution in [3.63, 3.8) is 0 Å². The van der Waals surface area contributed by atoms with Crippen molar-refractivity contribution in [1.82, 2.24) is 4.98 Å². The first-order chi connectivity index (χ1) is 9.53. The van der Waals surface area contributed by atoms with Crippen LogP contribution in [0.25, 0.3) is 0 Å². The lowest BCUT2D eigenvalue weighted by molar-refractivity contribution is 0.601. The van der Waals surface area contributed by atoms with Gasteiger partial charge in [0.2, 0.25) is 0 Å². The molecule has 5 nitrogen and oxygen atoms in total. The third kappa shape index (κ3) is 3.27. The summed E-state index contributed by atoms with van der Waals surface area (Å²) in [6.45, 7) is 2.08. The van der Waals surface area contributed by atoms with Crippen LogP contribution in [-0.4, -0.2) is 13.4 Å². The average molecular weight is 291 g/mol. The quantitative estimate of drug-likeness (QED) is 0.886. The van der Waals surface area contributed by atoms with Crippen LogP contribution in [0.4, 0.5) is 11.4 Å². The molecule has 1 aromatic heterocycles. The second-order valence-corrected chi connectivity index (χ2v) is 6.14. The van der Waals surface area contributed by atoms with Crippen LogP contribution in [0.1, 0.15) is 18.9 Å². The summed E-state index contributed by atoms with van der Waals surface area (Å²) in [4.78, 5) is 4.04. The third-order valence-electron chi connectivity index (χ3n) is 2.87. The number of rotatable bonds is 5. The summed E-state index contributed by atoms with van der Waals surface area (Å²) in [7, 11) is -3.63. The molecule has 6 heteroatoms. The predicted octanol–water partition coefficient (Wildman–Crippen LogP) is 2.42. The van der Waals surface area contributed by atoms with Crippen molar-refractivity contribution in [3.8, 4) is 0 Å². The van der Waals surface area contributed by atoms with Crippen molar-refractivity contribution in [2.45, 2.75) is 24.7 Å². The van der Waals surface area contributed by atoms with Crippen molar-refractivity contribution < 1.29 is 8.42 Å². The molecule has 106 valence electrons. The zero-order valence-corrected chi connectivity index (χ0v) is 12.0. The van der Waals surface area contributed by atoms with Gasteiger partial charge in [0.05, 0.1) is 22.5 Å². The highest BCUT2D eigenvalue weighted by atomic mass is 32.2. The van der Waals surface area contributed by atoms with E-state index in [4.69, 9.17) is 5.73 Å². The number of aromatic nitrogens is 1. The second-order valence-electron chi connectivity index (χ2n) is 4.46. The van der Waals surface area contributed by atoms with Crippen LogP contribution in [0.15, 0.2) is 47.6 Å². The average Bonchev–Trinajstić information content (AvgIpc) is 2.42. The Kier molecular flexibility index (Phi) is 4.24. The zero-order valence-electron chi connectivity index (χ0n) is 11.2. The molecule has 2 rings (SSSR count). The molecule has 1 heterocycles. The Hall–Kier alpha value is -2.08. The van der Waals surface area contributed by atoms with Crippen LogP contribution in [-0.2, 0) is 16.4 Å². The van der Waals surface area contributed by atoms with Gasteiger partial charge in [0, 0.05) is 6.20 Å². The van der Waals surface area contributed by atoms with E-state index < -0.39 is 10.0 Å². The van der Waals surface area contributed by atoms with Crippen LogP contribution in [0.5, 0.6) is 0 Å². The Morgan fingerprint density at radius 3 is 2.50 bits per heavy atom. The number of sulfonamides is 1. The fourth-order valence-corrected chi connectivity index (χ4v) is 2.91. The zero-order chi connectivity index (χ0) is 14.6. The van der Waals surface area contributed by atoms with Gasteiger partial charge in [-0.1, -0.05) is 25.5 Å². The molecule has 3 N–H and O–H groups in total. The van der Waals surface area contributed by atoms with E-state index >= 15 is 0 Å². The summed E-state index contributed by atoms with van der Waals surface area (Å²) in [5.41, 5.74) is 7.42. The summed E-state index contributed by atoms with van der Waals surface area (Å²) in [6.07, 6.45) is 4.85. The van der Waals surface area contributed by atoms with Gasteiger partial charge in [0.25, 0.3) is 10.0 Å². The molecule has 20 heavy (non-hydrogen) atoms. The molecule has 2 aromatic rings. The molecule has 0 radical (unpaired) electrons. The molecular formula is C14H17N3O2S. The fraction of sp³-hybridized carbons (Fsp3) is 0.214. The number of hydrogen-bond donors (Lipinski definition) is 2. The van der Waals surface area contributed by atoms with Crippen LogP contribution in [0.3, 0.4) is 0 Å². The molecule has 0 aliphatic carbocycles. The van der Waals surface area contributed by atoms with Gasteiger partial charge >= 0.3 is 0 Å². The Labute approximate surface area is 118 Å². The summed E-state index contributed by atoms with van der Waals surface area (Å²) < 4.78 is 26.9. The monoisotopic (exact) mass is 291 g/mol. The summed E-state index contributed by atoms with van der Waals surface area (Å²) >= 11 is 0. The first kappa shape index (κ1) is 14.3. The number of aryl methyl sites for hydroxylation is 1. The van der Waals surface area contributed by atoms with Crippen molar-refractivity contribution in [1.29, 1.82) is 0 Å². The molecule has 0 fully saturated rings. The Morgan fingerprint density at radius 1 is 1.20 bits per heavy atom. The van der Waals surface area contributed by atoms with Crippen molar-refractivity contribution >= 4 is 21.4 Å². The molecule has 0 saturated heterocycles. The van der Waals surface area contributed by atoms with Gasteiger partial charge in [-0.3, -0.25) is 9.71 Å². The molecule has 0 unspecified atom stereocenters. The number of pyridine rings is 1. The lowest BCUT2D eigenvalue weighted by Gasteiger charge is -2.10. The number of nitrogens with two attached hydrogens (primary N) is 1. The minimum Gasteiger partial charge on any atom is -0.396 e. The van der Waals surface area contributed by atoms with E-state index in [-0.39, 0.29) is 4.90 Å². The van der Waals surface area contributed by atoms with Gasteiger partial charge in [-0.2, -0.15) is 0 Å². The largest absolute Gasteiger partial charge is 0.396 e. The minimum atomic E-state index is -3.63. The Morgan fingerprint density at radius 2 is 1.90 bits per heavy atom. The smallest absolute Gasteiger partial charge is 0.261 e. The van der Waals surface area contributed by atoms with Crippen molar-refractivity contribution in [2.75, 3.05) is 10.5 Å². The maximum atomic E-state index is 12.2. The van der Waals surface area contributed by atoms with Gasteiger partial charge in [-0.05, 0) is 30.2 Å². The lowest BCUT2D eigenvalue weighted by Crippen LogP contribution is -2.14. The van der Waals surface area contributed by atoms with Crippen LogP contribution in [0.2, 0.25) is 0 Å². The molecule has 0 amide bonds. The Balaban J connectivity index is 2.24. The fourth-order valence-electron chi connectivity index (χ4n) is 1.83. The van der Waals surface area contributed by atoms with Crippen LogP contribution < -0.4 is 10.5 Å². The SMILES string of the molecule is CCCc1ccc(S(=O)(=O)Nc2ccncc2N)cc1. The van der Waals surface area contributed by atoms with Gasteiger partial charge in [0.15, 0.2) is 0 Å². The summed E-state index contributed by atoms with van der Waals surface area (Å²) in [6, 6.07) is 8.38. The van der Waals surface area contributed by atoms with Gasteiger partial charge < -0.3 is 5.73 Å². The van der Waals surface area contributed by atoms with E-state index in [1.165, 1.54) is 18.5 Å². The maximum Gasteiger partial charge on any atom is 0.261 e. The van der Waals surface area contributed by atoms with E-state index in [1.807, 2.05) is 12.1 Å². The van der Waals surface area contributed by atoms with Gasteiger partial charge in [-0.25, -0.2) is 8.42 Å². The topological polar surface area (TPSA) is 85.1 Å². The molecule has 0 spiro atoms. The molecule has 0 bridgehead atoms. The predicted molar refractivity (Wildman–Crippen MR) is 79.9 cm³/mol. The second kappa shape index (κ2) is 5.92. The number of nitrogens with zero attached hydrogens (tertiary/aromatic N) is 1. The number of nitrogens with one attached hydrogen (secondary N) is 1. The Bertz CT molecular complexity index is 682. The van der Waals surface area contributed by atoms with Crippen molar-refractivity contribution in [2.24, 2.45) is 0 Å². The van der Waals surface area contributed by atoms with Crippen LogP contribution >= 0.6 is 0 Å². The van der Waals surface area contributed by atoms with E-state index in [9.17, 15) is 8.42 Å². The third-order valence-corrected chi connectivity index (χ3v) is 4.25. The van der Waals surface area contributed by atoms with Crippen LogP contribution in [0, 0.1) is 0 Å². The normalized spacial score (nSPS) is 11.2. The minimum absolute atomic E-state index is 0.216. The molecule has 0 saturated carbocycles. The molecule has 0 aliphatic heterocycles. The number of benzene rings is 1. The van der Waals surface area contributed by atoms with E-state index in [2.05, 4.69) is 16.6 Å². The first-order valence-corrected chi connectivity index (χ1v) is 7.82. The van der Waals surface area contributed by atoms with Gasteiger partial charge in [0.1, 0.15) is 0 Å². The highest BCUT2D eigenvalue weighted by Gasteiger charge is 2.15. The molecule has 1 aromatic carbocycles. The highest BCUT2D eigenvalue weighted by Crippen LogP contribution is 2.21. The van der Waals surface area contributed by atoms with Crippen molar-refractivity contribution in [3.05, 3.63) is 48.3 Å². The standard InChI is InChI=1S/C14H17N3O2S/c1-2-3-11-4-6-12(7-5-11)20(18,19)17-14-8-9-16-10-13(14)15/h4-10H,2-3,15H2,1H3,(H,16,17).